The zero-order valence-corrected chi connectivity index (χ0v) is 18.3. The summed E-state index contributed by atoms with van der Waals surface area (Å²) in [5.41, 5.74) is 3.83. The van der Waals surface area contributed by atoms with Crippen molar-refractivity contribution in [3.05, 3.63) is 76.2 Å². The molecule has 0 bridgehead atoms. The van der Waals surface area contributed by atoms with Gasteiger partial charge in [0.05, 0.1) is 18.6 Å². The Kier molecular flexibility index (Phi) is 7.22. The first-order valence-corrected chi connectivity index (χ1v) is 10.5. The first-order valence-electron chi connectivity index (χ1n) is 9.65. The van der Waals surface area contributed by atoms with Crippen LogP contribution in [0.15, 0.2) is 54.0 Å². The van der Waals surface area contributed by atoms with E-state index in [0.29, 0.717) is 29.4 Å². The smallest absolute Gasteiger partial charge is 0.294 e. The maximum Gasteiger partial charge on any atom is 0.294 e. The zero-order chi connectivity index (χ0) is 22.4. The highest BCUT2D eigenvalue weighted by atomic mass is 32.2. The molecule has 0 spiro atoms. The molecule has 5 nitrogen and oxygen atoms in total. The molecule has 3 rings (SSSR count). The fourth-order valence-electron chi connectivity index (χ4n) is 3.11. The average Bonchev–Trinajstić information content (AvgIpc) is 3.01. The van der Waals surface area contributed by atoms with Gasteiger partial charge in [0.2, 0.25) is 0 Å². The molecule has 1 fully saturated rings. The Balaban J connectivity index is 1.91. The average molecular weight is 434 g/mol. The van der Waals surface area contributed by atoms with E-state index in [2.05, 4.69) is 12.5 Å². The van der Waals surface area contributed by atoms with Crippen LogP contribution in [0.25, 0.3) is 6.08 Å². The normalized spacial score (nSPS) is 14.6. The highest BCUT2D eigenvalue weighted by Gasteiger charge is 2.34. The predicted octanol–water partition coefficient (Wildman–Crippen LogP) is 4.98. The molecule has 0 unspecified atom stereocenters. The number of terminal acetylenes is 1. The summed E-state index contributed by atoms with van der Waals surface area (Å²) < 4.78 is 11.7. The number of rotatable bonds is 8. The van der Waals surface area contributed by atoms with Crippen molar-refractivity contribution in [3.63, 3.8) is 0 Å². The SMILES string of the molecule is C#CCN1C(=O)SC(=Cc2cc(CC=C)c(OCc3ccc(C)cc3)c(OC)c2)C1=O. The first-order chi connectivity index (χ1) is 15.0. The van der Waals surface area contributed by atoms with Crippen LogP contribution in [0, 0.1) is 19.3 Å². The minimum Gasteiger partial charge on any atom is -0.493 e. The molecule has 2 amide bonds. The molecule has 31 heavy (non-hydrogen) atoms. The number of ether oxygens (including phenoxy) is 2. The molecule has 0 aliphatic carbocycles. The molecule has 2 aromatic rings. The van der Waals surface area contributed by atoms with Crippen LogP contribution in [0.2, 0.25) is 0 Å². The van der Waals surface area contributed by atoms with E-state index in [1.807, 2.05) is 37.3 Å². The van der Waals surface area contributed by atoms with Gasteiger partial charge in [0, 0.05) is 5.56 Å². The molecule has 0 N–H and O–H groups in total. The Hall–Kier alpha value is -3.43. The van der Waals surface area contributed by atoms with E-state index >= 15 is 0 Å². The van der Waals surface area contributed by atoms with E-state index in [0.717, 1.165) is 33.4 Å². The molecule has 6 heteroatoms. The lowest BCUT2D eigenvalue weighted by molar-refractivity contribution is -0.122. The van der Waals surface area contributed by atoms with Crippen LogP contribution >= 0.6 is 11.8 Å². The van der Waals surface area contributed by atoms with Crippen molar-refractivity contribution in [3.8, 4) is 23.8 Å². The monoisotopic (exact) mass is 433 g/mol. The second-order valence-electron chi connectivity index (χ2n) is 6.95. The largest absolute Gasteiger partial charge is 0.493 e. The minimum atomic E-state index is -0.392. The Bertz CT molecular complexity index is 1080. The van der Waals surface area contributed by atoms with Gasteiger partial charge >= 0.3 is 0 Å². The highest BCUT2D eigenvalue weighted by Crippen LogP contribution is 2.37. The Labute approximate surface area is 186 Å². The summed E-state index contributed by atoms with van der Waals surface area (Å²) in [6.45, 7) is 6.21. The summed E-state index contributed by atoms with van der Waals surface area (Å²) >= 11 is 0.873. The third kappa shape index (κ3) is 5.19. The molecule has 0 atom stereocenters. The van der Waals surface area contributed by atoms with Crippen molar-refractivity contribution in [1.29, 1.82) is 0 Å². The Morgan fingerprint density at radius 3 is 2.61 bits per heavy atom. The summed E-state index contributed by atoms with van der Waals surface area (Å²) in [5, 5.41) is -0.370. The third-order valence-electron chi connectivity index (χ3n) is 4.66. The van der Waals surface area contributed by atoms with Crippen molar-refractivity contribution in [2.75, 3.05) is 13.7 Å². The van der Waals surface area contributed by atoms with Gasteiger partial charge in [-0.3, -0.25) is 14.5 Å². The molecule has 1 aliphatic rings. The molecular formula is C25H23NO4S. The number of nitrogens with zero attached hydrogens (tertiary/aromatic N) is 1. The summed E-state index contributed by atoms with van der Waals surface area (Å²) in [6.07, 6.45) is 9.25. The molecule has 0 aromatic heterocycles. The van der Waals surface area contributed by atoms with E-state index < -0.39 is 5.91 Å². The van der Waals surface area contributed by atoms with Crippen LogP contribution in [0.5, 0.6) is 11.5 Å². The maximum atomic E-state index is 12.5. The molecule has 158 valence electrons. The number of imide groups is 1. The Morgan fingerprint density at radius 1 is 1.23 bits per heavy atom. The molecule has 1 saturated heterocycles. The summed E-state index contributed by atoms with van der Waals surface area (Å²) in [6, 6.07) is 11.8. The molecule has 1 heterocycles. The molecule has 0 saturated carbocycles. The second-order valence-corrected chi connectivity index (χ2v) is 7.94. The van der Waals surface area contributed by atoms with Crippen molar-refractivity contribution in [1.82, 2.24) is 4.90 Å². The van der Waals surface area contributed by atoms with Crippen molar-refractivity contribution in [2.24, 2.45) is 0 Å². The van der Waals surface area contributed by atoms with Crippen molar-refractivity contribution < 1.29 is 19.1 Å². The molecule has 2 aromatic carbocycles. The maximum absolute atomic E-state index is 12.5. The van der Waals surface area contributed by atoms with E-state index in [1.165, 1.54) is 5.56 Å². The standard InChI is InChI=1S/C25H23NO4S/c1-5-7-20-13-19(15-22-24(27)26(12-6-2)25(28)31-22)14-21(29-4)23(20)30-16-18-10-8-17(3)9-11-18/h2,5,8-11,13-15H,1,7,12,16H2,3-4H3. The minimum absolute atomic E-state index is 0.0428. The van der Waals surface area contributed by atoms with Crippen LogP contribution in [0.3, 0.4) is 0 Å². The van der Waals surface area contributed by atoms with E-state index in [9.17, 15) is 9.59 Å². The number of hydrogen-bond acceptors (Lipinski definition) is 5. The van der Waals surface area contributed by atoms with Crippen LogP contribution in [0.4, 0.5) is 4.79 Å². The lowest BCUT2D eigenvalue weighted by Gasteiger charge is -2.16. The van der Waals surface area contributed by atoms with Gasteiger partial charge in [-0.15, -0.1) is 13.0 Å². The van der Waals surface area contributed by atoms with Crippen molar-refractivity contribution in [2.45, 2.75) is 20.0 Å². The second kappa shape index (κ2) is 10.1. The van der Waals surface area contributed by atoms with E-state index in [1.54, 1.807) is 25.3 Å². The van der Waals surface area contributed by atoms with Gasteiger partial charge < -0.3 is 9.47 Å². The molecular weight excluding hydrogens is 410 g/mol. The van der Waals surface area contributed by atoms with E-state index in [-0.39, 0.29) is 11.8 Å². The quantitative estimate of drug-likeness (QED) is 0.334. The van der Waals surface area contributed by atoms with Gasteiger partial charge in [0.25, 0.3) is 11.1 Å². The number of aryl methyl sites for hydroxylation is 1. The van der Waals surface area contributed by atoms with Gasteiger partial charge in [0.1, 0.15) is 6.61 Å². The molecule has 1 aliphatic heterocycles. The lowest BCUT2D eigenvalue weighted by atomic mass is 10.0. The third-order valence-corrected chi connectivity index (χ3v) is 5.57. The van der Waals surface area contributed by atoms with Gasteiger partial charge in [-0.1, -0.05) is 41.8 Å². The van der Waals surface area contributed by atoms with Gasteiger partial charge in [-0.05, 0) is 54.4 Å². The van der Waals surface area contributed by atoms with Crippen LogP contribution < -0.4 is 9.47 Å². The van der Waals surface area contributed by atoms with Crippen molar-refractivity contribution >= 4 is 29.0 Å². The number of amides is 2. The predicted molar refractivity (Wildman–Crippen MR) is 124 cm³/mol. The number of methoxy groups -OCH3 is 1. The molecule has 0 radical (unpaired) electrons. The number of carbonyl (C=O) groups excluding carboxylic acids is 2. The number of hydrogen-bond donors (Lipinski definition) is 0. The summed E-state index contributed by atoms with van der Waals surface area (Å²) in [5.74, 6) is 3.11. The van der Waals surface area contributed by atoms with Gasteiger partial charge in [0.15, 0.2) is 11.5 Å². The fraction of sp³-hybridized carbons (Fsp3) is 0.200. The topological polar surface area (TPSA) is 55.8 Å². The zero-order valence-electron chi connectivity index (χ0n) is 17.5. The summed E-state index contributed by atoms with van der Waals surface area (Å²) in [7, 11) is 1.57. The van der Waals surface area contributed by atoms with Gasteiger partial charge in [-0.2, -0.15) is 0 Å². The Morgan fingerprint density at radius 2 is 1.97 bits per heavy atom. The number of thioether (sulfide) groups is 1. The number of allylic oxidation sites excluding steroid dienone is 1. The number of carbonyl (C=O) groups is 2. The highest BCUT2D eigenvalue weighted by molar-refractivity contribution is 8.18. The van der Waals surface area contributed by atoms with Gasteiger partial charge in [-0.25, -0.2) is 0 Å². The van der Waals surface area contributed by atoms with Crippen LogP contribution in [-0.2, 0) is 17.8 Å². The lowest BCUT2D eigenvalue weighted by Crippen LogP contribution is -2.28. The number of benzene rings is 2. The van der Waals surface area contributed by atoms with E-state index in [4.69, 9.17) is 15.9 Å². The fourth-order valence-corrected chi connectivity index (χ4v) is 3.95. The van der Waals surface area contributed by atoms with Crippen LogP contribution in [-0.4, -0.2) is 29.7 Å². The summed E-state index contributed by atoms with van der Waals surface area (Å²) in [4.78, 5) is 25.9. The van der Waals surface area contributed by atoms with Crippen LogP contribution in [0.1, 0.15) is 22.3 Å². The first kappa shape index (κ1) is 22.3.